The SMILES string of the molecule is CCC(C)(OC)C(=O)Nc1cccc(F)c1C(N)=S. The summed E-state index contributed by atoms with van der Waals surface area (Å²) in [7, 11) is 1.45. The summed E-state index contributed by atoms with van der Waals surface area (Å²) in [4.78, 5) is 12.0. The quantitative estimate of drug-likeness (QED) is 0.814. The van der Waals surface area contributed by atoms with E-state index in [9.17, 15) is 9.18 Å². The normalized spacial score (nSPS) is 13.7. The minimum absolute atomic E-state index is 0.0282. The third-order valence-electron chi connectivity index (χ3n) is 3.11. The molecule has 6 heteroatoms. The lowest BCUT2D eigenvalue weighted by Crippen LogP contribution is -2.41. The predicted molar refractivity (Wildman–Crippen MR) is 76.6 cm³/mol. The number of hydrogen-bond acceptors (Lipinski definition) is 3. The predicted octanol–water partition coefficient (Wildman–Crippen LogP) is 2.21. The zero-order valence-electron chi connectivity index (χ0n) is 11.1. The summed E-state index contributed by atoms with van der Waals surface area (Å²) in [5.41, 5.74) is 4.76. The maximum atomic E-state index is 13.7. The summed E-state index contributed by atoms with van der Waals surface area (Å²) in [6, 6.07) is 4.25. The molecule has 0 saturated carbocycles. The molecule has 0 heterocycles. The fourth-order valence-electron chi connectivity index (χ4n) is 1.53. The zero-order valence-corrected chi connectivity index (χ0v) is 11.9. The van der Waals surface area contributed by atoms with Crippen LogP contribution in [0, 0.1) is 5.82 Å². The summed E-state index contributed by atoms with van der Waals surface area (Å²) in [6.07, 6.45) is 0.479. The number of thiocarbonyl (C=S) groups is 1. The van der Waals surface area contributed by atoms with Gasteiger partial charge in [-0.25, -0.2) is 4.39 Å². The smallest absolute Gasteiger partial charge is 0.256 e. The number of anilines is 1. The van der Waals surface area contributed by atoms with E-state index in [0.717, 1.165) is 0 Å². The average molecular weight is 284 g/mol. The molecule has 1 aromatic rings. The van der Waals surface area contributed by atoms with Crippen LogP contribution in [0.4, 0.5) is 10.1 Å². The van der Waals surface area contributed by atoms with Crippen LogP contribution < -0.4 is 11.1 Å². The number of carbonyl (C=O) groups excluding carboxylic acids is 1. The Labute approximate surface area is 117 Å². The van der Waals surface area contributed by atoms with Gasteiger partial charge >= 0.3 is 0 Å². The van der Waals surface area contributed by atoms with E-state index in [1.165, 1.54) is 19.2 Å². The van der Waals surface area contributed by atoms with Gasteiger partial charge in [0.25, 0.3) is 5.91 Å². The summed E-state index contributed by atoms with van der Waals surface area (Å²) < 4.78 is 18.8. The number of carbonyl (C=O) groups is 1. The van der Waals surface area contributed by atoms with Crippen molar-refractivity contribution in [3.8, 4) is 0 Å². The molecule has 1 aromatic carbocycles. The highest BCUT2D eigenvalue weighted by Crippen LogP contribution is 2.22. The summed E-state index contributed by atoms with van der Waals surface area (Å²) in [5.74, 6) is -0.943. The fraction of sp³-hybridized carbons (Fsp3) is 0.385. The molecule has 0 aliphatic carbocycles. The molecule has 0 bridgehead atoms. The Morgan fingerprint density at radius 3 is 2.68 bits per heavy atom. The number of rotatable bonds is 5. The largest absolute Gasteiger partial charge is 0.389 e. The molecule has 1 atom stereocenters. The molecule has 0 saturated heterocycles. The molecule has 3 N–H and O–H groups in total. The summed E-state index contributed by atoms with van der Waals surface area (Å²) in [5, 5.41) is 2.60. The van der Waals surface area contributed by atoms with Gasteiger partial charge in [0.05, 0.1) is 11.3 Å². The van der Waals surface area contributed by atoms with Gasteiger partial charge < -0.3 is 15.8 Å². The van der Waals surface area contributed by atoms with E-state index in [1.54, 1.807) is 13.0 Å². The van der Waals surface area contributed by atoms with Crippen molar-refractivity contribution in [1.82, 2.24) is 0 Å². The highest BCUT2D eigenvalue weighted by Gasteiger charge is 2.31. The van der Waals surface area contributed by atoms with Crippen LogP contribution in [-0.2, 0) is 9.53 Å². The lowest BCUT2D eigenvalue weighted by atomic mass is 10.0. The fourth-order valence-corrected chi connectivity index (χ4v) is 1.74. The van der Waals surface area contributed by atoms with E-state index in [4.69, 9.17) is 22.7 Å². The first-order valence-corrected chi connectivity index (χ1v) is 6.21. The van der Waals surface area contributed by atoms with Crippen LogP contribution in [0.3, 0.4) is 0 Å². The standard InChI is InChI=1S/C13H17FN2O2S/c1-4-13(2,18-3)12(17)16-9-7-5-6-8(14)10(9)11(15)19/h5-7H,4H2,1-3H3,(H2,15,19)(H,16,17). The first kappa shape index (κ1) is 15.5. The van der Waals surface area contributed by atoms with Crippen molar-refractivity contribution in [2.45, 2.75) is 25.9 Å². The highest BCUT2D eigenvalue weighted by atomic mass is 32.1. The van der Waals surface area contributed by atoms with Crippen molar-refractivity contribution in [1.29, 1.82) is 0 Å². The van der Waals surface area contributed by atoms with E-state index in [2.05, 4.69) is 5.32 Å². The average Bonchev–Trinajstić information content (AvgIpc) is 2.37. The Kier molecular flexibility index (Phi) is 4.97. The molecule has 1 rings (SSSR count). The number of benzene rings is 1. The Morgan fingerprint density at radius 1 is 1.58 bits per heavy atom. The minimum atomic E-state index is -0.986. The van der Waals surface area contributed by atoms with E-state index in [-0.39, 0.29) is 22.1 Å². The Hall–Kier alpha value is -1.53. The summed E-state index contributed by atoms with van der Waals surface area (Å²) in [6.45, 7) is 3.48. The van der Waals surface area contributed by atoms with Gasteiger partial charge in [-0.3, -0.25) is 4.79 Å². The van der Waals surface area contributed by atoms with Crippen LogP contribution >= 0.6 is 12.2 Å². The van der Waals surface area contributed by atoms with Crippen molar-refractivity contribution < 1.29 is 13.9 Å². The molecule has 0 aliphatic rings. The third-order valence-corrected chi connectivity index (χ3v) is 3.32. The molecule has 0 aliphatic heterocycles. The van der Waals surface area contributed by atoms with Crippen LogP contribution in [0.5, 0.6) is 0 Å². The molecule has 0 fully saturated rings. The van der Waals surface area contributed by atoms with Gasteiger partial charge in [-0.15, -0.1) is 0 Å². The molecule has 104 valence electrons. The van der Waals surface area contributed by atoms with Crippen LogP contribution in [0.25, 0.3) is 0 Å². The van der Waals surface area contributed by atoms with E-state index >= 15 is 0 Å². The molecule has 1 amide bonds. The van der Waals surface area contributed by atoms with Crippen molar-refractivity contribution in [3.63, 3.8) is 0 Å². The van der Waals surface area contributed by atoms with Crippen LogP contribution in [0.1, 0.15) is 25.8 Å². The van der Waals surface area contributed by atoms with E-state index < -0.39 is 11.4 Å². The monoisotopic (exact) mass is 284 g/mol. The van der Waals surface area contributed by atoms with Gasteiger partial charge in [-0.2, -0.15) is 0 Å². The third kappa shape index (κ3) is 3.27. The van der Waals surface area contributed by atoms with Gasteiger partial charge in [0.1, 0.15) is 16.4 Å². The van der Waals surface area contributed by atoms with Gasteiger partial charge in [0.15, 0.2) is 0 Å². The second-order valence-electron chi connectivity index (χ2n) is 4.27. The number of nitrogens with one attached hydrogen (secondary N) is 1. The lowest BCUT2D eigenvalue weighted by Gasteiger charge is -2.25. The first-order chi connectivity index (χ1) is 8.85. The van der Waals surface area contributed by atoms with Crippen molar-refractivity contribution >= 4 is 28.8 Å². The number of hydrogen-bond donors (Lipinski definition) is 2. The van der Waals surface area contributed by atoms with E-state index in [1.807, 2.05) is 6.92 Å². The Bertz CT molecular complexity index is 501. The number of ether oxygens (including phenoxy) is 1. The molecular weight excluding hydrogens is 267 g/mol. The van der Waals surface area contributed by atoms with Crippen molar-refractivity contribution in [2.24, 2.45) is 5.73 Å². The topological polar surface area (TPSA) is 64.3 Å². The number of nitrogens with two attached hydrogens (primary N) is 1. The van der Waals surface area contributed by atoms with Crippen LogP contribution in [-0.4, -0.2) is 23.6 Å². The van der Waals surface area contributed by atoms with Crippen molar-refractivity contribution in [3.05, 3.63) is 29.6 Å². The van der Waals surface area contributed by atoms with E-state index in [0.29, 0.717) is 6.42 Å². The highest BCUT2D eigenvalue weighted by molar-refractivity contribution is 7.80. The zero-order chi connectivity index (χ0) is 14.6. The molecule has 19 heavy (non-hydrogen) atoms. The molecule has 0 aromatic heterocycles. The molecule has 0 spiro atoms. The number of halogens is 1. The van der Waals surface area contributed by atoms with Crippen LogP contribution in [0.2, 0.25) is 0 Å². The van der Waals surface area contributed by atoms with Gasteiger partial charge in [-0.1, -0.05) is 25.2 Å². The molecule has 4 nitrogen and oxygen atoms in total. The molecule has 0 radical (unpaired) electrons. The molecule has 1 unspecified atom stereocenters. The first-order valence-electron chi connectivity index (χ1n) is 5.80. The molecular formula is C13H17FN2O2S. The van der Waals surface area contributed by atoms with Crippen molar-refractivity contribution in [2.75, 3.05) is 12.4 Å². The second kappa shape index (κ2) is 6.08. The summed E-state index contributed by atoms with van der Waals surface area (Å²) >= 11 is 4.80. The number of amides is 1. The number of methoxy groups -OCH3 is 1. The van der Waals surface area contributed by atoms with Gasteiger partial charge in [0.2, 0.25) is 0 Å². The maximum absolute atomic E-state index is 13.7. The van der Waals surface area contributed by atoms with Gasteiger partial charge in [0, 0.05) is 7.11 Å². The lowest BCUT2D eigenvalue weighted by molar-refractivity contribution is -0.136. The maximum Gasteiger partial charge on any atom is 0.256 e. The second-order valence-corrected chi connectivity index (χ2v) is 4.71. The minimum Gasteiger partial charge on any atom is -0.389 e. The Balaban J connectivity index is 3.10. The Morgan fingerprint density at radius 2 is 2.21 bits per heavy atom. The van der Waals surface area contributed by atoms with Crippen LogP contribution in [0.15, 0.2) is 18.2 Å². The van der Waals surface area contributed by atoms with Gasteiger partial charge in [-0.05, 0) is 25.5 Å².